The number of carbonyl (C=O) groups excluding carboxylic acids is 2. The van der Waals surface area contributed by atoms with Crippen LogP contribution in [0.25, 0.3) is 11.3 Å². The summed E-state index contributed by atoms with van der Waals surface area (Å²) in [5.74, 6) is 1.70. The number of anilines is 1. The molecule has 1 aromatic heterocycles. The van der Waals surface area contributed by atoms with Crippen molar-refractivity contribution in [3.8, 4) is 11.3 Å². The van der Waals surface area contributed by atoms with E-state index in [1.807, 2.05) is 42.5 Å². The molecule has 1 amide bonds. The number of aromatic nitrogens is 1. The van der Waals surface area contributed by atoms with E-state index in [1.54, 1.807) is 31.7 Å². The number of halogens is 1. The average molecular weight is 489 g/mol. The van der Waals surface area contributed by atoms with E-state index in [9.17, 15) is 9.59 Å². The second-order valence-corrected chi connectivity index (χ2v) is 8.75. The lowest BCUT2D eigenvalue weighted by Gasteiger charge is -2.15. The van der Waals surface area contributed by atoms with Crippen LogP contribution in [0.5, 0.6) is 0 Å². The van der Waals surface area contributed by atoms with Gasteiger partial charge in [0.15, 0.2) is 5.76 Å². The Hall–Kier alpha value is -2.97. The summed E-state index contributed by atoms with van der Waals surface area (Å²) in [7, 11) is 1.39. The van der Waals surface area contributed by atoms with Gasteiger partial charge in [0, 0.05) is 27.7 Å². The molecule has 0 bridgehead atoms. The smallest absolute Gasteiger partial charge is 0.412 e. The zero-order valence-electron chi connectivity index (χ0n) is 18.6. The lowest BCUT2D eigenvalue weighted by Crippen LogP contribution is -2.17. The van der Waals surface area contributed by atoms with E-state index in [2.05, 4.69) is 15.2 Å². The van der Waals surface area contributed by atoms with E-state index < -0.39 is 12.2 Å². The lowest BCUT2D eigenvalue weighted by molar-refractivity contribution is -0.140. The van der Waals surface area contributed by atoms with Crippen molar-refractivity contribution in [2.24, 2.45) is 0 Å². The van der Waals surface area contributed by atoms with E-state index in [-0.39, 0.29) is 5.97 Å². The van der Waals surface area contributed by atoms with Gasteiger partial charge in [0.2, 0.25) is 0 Å². The first-order valence-corrected chi connectivity index (χ1v) is 11.8. The molecule has 0 fully saturated rings. The Bertz CT molecular complexity index is 1100. The van der Waals surface area contributed by atoms with Gasteiger partial charge in [-0.3, -0.25) is 10.1 Å². The number of nitrogens with zero attached hydrogens (tertiary/aromatic N) is 1. The predicted octanol–water partition coefficient (Wildman–Crippen LogP) is 6.41. The maximum atomic E-state index is 12.5. The molecular formula is C24H25ClN2O5S. The van der Waals surface area contributed by atoms with Crippen molar-refractivity contribution in [3.05, 3.63) is 70.4 Å². The van der Waals surface area contributed by atoms with Crippen LogP contribution >= 0.6 is 23.4 Å². The van der Waals surface area contributed by atoms with Crippen LogP contribution in [-0.2, 0) is 20.0 Å². The summed E-state index contributed by atoms with van der Waals surface area (Å²) in [5.41, 5.74) is 3.58. The SMILES string of the molecule is COC(=O)CCSCc1ccc(-c2onc(C)c2NC(=O)OC(C)c2ccccc2Cl)cc1. The summed E-state index contributed by atoms with van der Waals surface area (Å²) >= 11 is 7.84. The third-order valence-electron chi connectivity index (χ3n) is 4.88. The molecule has 1 atom stereocenters. The molecule has 0 aliphatic rings. The van der Waals surface area contributed by atoms with Gasteiger partial charge in [0.05, 0.1) is 13.5 Å². The molecule has 7 nitrogen and oxygen atoms in total. The van der Waals surface area contributed by atoms with Crippen molar-refractivity contribution < 1.29 is 23.6 Å². The molecule has 0 radical (unpaired) electrons. The number of hydrogen-bond acceptors (Lipinski definition) is 7. The highest BCUT2D eigenvalue weighted by molar-refractivity contribution is 7.98. The minimum absolute atomic E-state index is 0.210. The number of esters is 1. The second kappa shape index (κ2) is 11.8. The van der Waals surface area contributed by atoms with Gasteiger partial charge in [0.25, 0.3) is 0 Å². The number of hydrogen-bond donors (Lipinski definition) is 1. The van der Waals surface area contributed by atoms with E-state index in [0.29, 0.717) is 34.3 Å². The fourth-order valence-electron chi connectivity index (χ4n) is 3.07. The van der Waals surface area contributed by atoms with E-state index in [0.717, 1.165) is 22.4 Å². The van der Waals surface area contributed by atoms with Crippen LogP contribution in [-0.4, -0.2) is 30.1 Å². The molecule has 0 saturated heterocycles. The number of thioether (sulfide) groups is 1. The summed E-state index contributed by atoms with van der Waals surface area (Å²) in [6, 6.07) is 15.0. The largest absolute Gasteiger partial charge is 0.469 e. The third kappa shape index (κ3) is 6.76. The molecule has 3 aromatic rings. The maximum Gasteiger partial charge on any atom is 0.412 e. The van der Waals surface area contributed by atoms with Gasteiger partial charge in [-0.05, 0) is 25.5 Å². The Kier molecular flexibility index (Phi) is 8.79. The normalized spacial score (nSPS) is 11.6. The Morgan fingerprint density at radius 2 is 1.91 bits per heavy atom. The molecular weight excluding hydrogens is 464 g/mol. The summed E-state index contributed by atoms with van der Waals surface area (Å²) in [4.78, 5) is 23.7. The first-order chi connectivity index (χ1) is 15.9. The Balaban J connectivity index is 1.62. The molecule has 2 aromatic carbocycles. The molecule has 3 rings (SSSR count). The number of carbonyl (C=O) groups is 2. The first kappa shape index (κ1) is 24.7. The zero-order chi connectivity index (χ0) is 23.8. The summed E-state index contributed by atoms with van der Waals surface area (Å²) in [6.07, 6.45) is -0.775. The van der Waals surface area contributed by atoms with Crippen molar-refractivity contribution in [2.75, 3.05) is 18.2 Å². The fraction of sp³-hybridized carbons (Fsp3) is 0.292. The monoisotopic (exact) mass is 488 g/mol. The number of amides is 1. The third-order valence-corrected chi connectivity index (χ3v) is 6.25. The number of aryl methyl sites for hydroxylation is 1. The van der Waals surface area contributed by atoms with Crippen LogP contribution < -0.4 is 5.32 Å². The topological polar surface area (TPSA) is 90.7 Å². The van der Waals surface area contributed by atoms with Crippen LogP contribution in [0.2, 0.25) is 5.02 Å². The molecule has 1 N–H and O–H groups in total. The minimum atomic E-state index is -0.631. The highest BCUT2D eigenvalue weighted by Gasteiger charge is 2.20. The van der Waals surface area contributed by atoms with Crippen molar-refractivity contribution in [2.45, 2.75) is 32.1 Å². The minimum Gasteiger partial charge on any atom is -0.469 e. The van der Waals surface area contributed by atoms with E-state index >= 15 is 0 Å². The van der Waals surface area contributed by atoms with Gasteiger partial charge in [-0.2, -0.15) is 11.8 Å². The Labute approximate surface area is 201 Å². The molecule has 1 heterocycles. The lowest BCUT2D eigenvalue weighted by atomic mass is 10.1. The highest BCUT2D eigenvalue weighted by Crippen LogP contribution is 2.32. The van der Waals surface area contributed by atoms with Gasteiger partial charge in [0.1, 0.15) is 17.5 Å². The first-order valence-electron chi connectivity index (χ1n) is 10.3. The summed E-state index contributed by atoms with van der Waals surface area (Å²) in [5, 5.41) is 7.26. The van der Waals surface area contributed by atoms with E-state index in [1.165, 1.54) is 7.11 Å². The molecule has 0 aliphatic heterocycles. The Morgan fingerprint density at radius 3 is 2.61 bits per heavy atom. The van der Waals surface area contributed by atoms with Crippen LogP contribution in [0.4, 0.5) is 10.5 Å². The summed E-state index contributed by atoms with van der Waals surface area (Å²) < 4.78 is 15.6. The highest BCUT2D eigenvalue weighted by atomic mass is 35.5. The van der Waals surface area contributed by atoms with Crippen LogP contribution in [0.1, 0.15) is 36.3 Å². The predicted molar refractivity (Wildman–Crippen MR) is 129 cm³/mol. The Morgan fingerprint density at radius 1 is 1.18 bits per heavy atom. The van der Waals surface area contributed by atoms with Gasteiger partial charge >= 0.3 is 12.1 Å². The quantitative estimate of drug-likeness (QED) is 0.275. The van der Waals surface area contributed by atoms with Crippen molar-refractivity contribution in [3.63, 3.8) is 0 Å². The number of benzene rings is 2. The van der Waals surface area contributed by atoms with E-state index in [4.69, 9.17) is 20.9 Å². The average Bonchev–Trinajstić information content (AvgIpc) is 3.17. The number of rotatable bonds is 9. The molecule has 1 unspecified atom stereocenters. The molecule has 174 valence electrons. The number of methoxy groups -OCH3 is 1. The van der Waals surface area contributed by atoms with Crippen LogP contribution in [0, 0.1) is 6.92 Å². The van der Waals surface area contributed by atoms with Gasteiger partial charge in [-0.1, -0.05) is 59.2 Å². The van der Waals surface area contributed by atoms with Crippen molar-refractivity contribution in [1.29, 1.82) is 0 Å². The van der Waals surface area contributed by atoms with Crippen molar-refractivity contribution in [1.82, 2.24) is 5.16 Å². The maximum absolute atomic E-state index is 12.5. The van der Waals surface area contributed by atoms with Gasteiger partial charge < -0.3 is 14.0 Å². The van der Waals surface area contributed by atoms with Crippen LogP contribution in [0.15, 0.2) is 53.1 Å². The van der Waals surface area contributed by atoms with Gasteiger partial charge in [-0.15, -0.1) is 0 Å². The number of nitrogens with one attached hydrogen (secondary N) is 1. The fourth-order valence-corrected chi connectivity index (χ4v) is 4.25. The number of ether oxygens (including phenoxy) is 2. The van der Waals surface area contributed by atoms with Crippen molar-refractivity contribution >= 4 is 41.1 Å². The second-order valence-electron chi connectivity index (χ2n) is 7.24. The zero-order valence-corrected chi connectivity index (χ0v) is 20.2. The molecule has 9 heteroatoms. The molecule has 0 saturated carbocycles. The van der Waals surface area contributed by atoms with Gasteiger partial charge in [-0.25, -0.2) is 4.79 Å². The molecule has 33 heavy (non-hydrogen) atoms. The van der Waals surface area contributed by atoms with Crippen LogP contribution in [0.3, 0.4) is 0 Å². The molecule has 0 spiro atoms. The molecule has 0 aliphatic carbocycles. The summed E-state index contributed by atoms with van der Waals surface area (Å²) in [6.45, 7) is 3.50. The standard InChI is InChI=1S/C24H25ClN2O5S/c1-15-22(26-24(29)31-16(2)19-6-4-5-7-20(19)25)23(32-27-15)18-10-8-17(9-11-18)14-33-13-12-21(28)30-3/h4-11,16H,12-14H2,1-3H3,(H,26,29).